The third-order valence-electron chi connectivity index (χ3n) is 3.36. The summed E-state index contributed by atoms with van der Waals surface area (Å²) in [4.78, 5) is 4.24. The normalized spacial score (nSPS) is 9.81. The van der Waals surface area contributed by atoms with Crippen LogP contribution in [-0.4, -0.2) is 10.1 Å². The van der Waals surface area contributed by atoms with Crippen LogP contribution in [0.1, 0.15) is 11.5 Å². The number of rotatable bonds is 5. The van der Waals surface area contributed by atoms with Crippen molar-refractivity contribution in [2.75, 3.05) is 0 Å². The molecular formula is C19H11FN4O2. The van der Waals surface area contributed by atoms with Gasteiger partial charge in [-0.2, -0.15) is 15.5 Å². The summed E-state index contributed by atoms with van der Waals surface area (Å²) in [5, 5.41) is 21.4. The van der Waals surface area contributed by atoms with Crippen LogP contribution >= 0.6 is 0 Å². The quantitative estimate of drug-likeness (QED) is 0.650. The number of aromatic nitrogens is 2. The van der Waals surface area contributed by atoms with E-state index in [1.54, 1.807) is 36.4 Å². The van der Waals surface area contributed by atoms with Crippen LogP contribution in [0.2, 0.25) is 0 Å². The molecule has 0 aliphatic carbocycles. The maximum atomic E-state index is 12.8. The maximum Gasteiger partial charge on any atom is 0.264 e. The highest BCUT2D eigenvalue weighted by Crippen LogP contribution is 2.19. The molecule has 7 heteroatoms. The van der Waals surface area contributed by atoms with Crippen molar-refractivity contribution in [2.24, 2.45) is 0 Å². The monoisotopic (exact) mass is 346 g/mol. The fraction of sp³-hybridized carbons (Fsp3) is 0.0526. The van der Waals surface area contributed by atoms with Gasteiger partial charge < -0.3 is 9.26 Å². The van der Waals surface area contributed by atoms with E-state index in [-0.39, 0.29) is 23.9 Å². The molecule has 0 amide bonds. The molecule has 0 aliphatic heterocycles. The van der Waals surface area contributed by atoms with Gasteiger partial charge in [0.15, 0.2) is 6.61 Å². The molecule has 1 heterocycles. The van der Waals surface area contributed by atoms with E-state index in [2.05, 4.69) is 10.1 Å². The Hall–Kier alpha value is -3.97. The summed E-state index contributed by atoms with van der Waals surface area (Å²) in [6, 6.07) is 16.2. The smallest absolute Gasteiger partial charge is 0.264 e. The number of halogens is 1. The lowest BCUT2D eigenvalue weighted by Crippen LogP contribution is -1.95. The van der Waals surface area contributed by atoms with Crippen molar-refractivity contribution < 1.29 is 13.7 Å². The third-order valence-corrected chi connectivity index (χ3v) is 3.36. The molecule has 126 valence electrons. The first kappa shape index (κ1) is 16.9. The fourth-order valence-corrected chi connectivity index (χ4v) is 2.09. The molecule has 0 fully saturated rings. The highest BCUT2D eigenvalue weighted by atomic mass is 19.1. The average Bonchev–Trinajstić information content (AvgIpc) is 3.15. The lowest BCUT2D eigenvalue weighted by Gasteiger charge is -2.01. The molecular weight excluding hydrogens is 335 g/mol. The van der Waals surface area contributed by atoms with E-state index in [4.69, 9.17) is 19.8 Å². The number of nitriles is 2. The van der Waals surface area contributed by atoms with Crippen molar-refractivity contribution >= 4 is 6.08 Å². The van der Waals surface area contributed by atoms with Gasteiger partial charge in [-0.1, -0.05) is 29.4 Å². The van der Waals surface area contributed by atoms with Gasteiger partial charge in [0.1, 0.15) is 29.3 Å². The zero-order valence-electron chi connectivity index (χ0n) is 13.4. The molecule has 0 radical (unpaired) electrons. The van der Waals surface area contributed by atoms with E-state index in [1.165, 1.54) is 30.3 Å². The molecule has 2 aromatic carbocycles. The second kappa shape index (κ2) is 7.73. The summed E-state index contributed by atoms with van der Waals surface area (Å²) in [6.45, 7) is 0.0627. The van der Waals surface area contributed by atoms with Crippen LogP contribution in [0.25, 0.3) is 17.5 Å². The molecule has 0 atom stereocenters. The molecule has 0 bridgehead atoms. The maximum absolute atomic E-state index is 12.8. The van der Waals surface area contributed by atoms with Gasteiger partial charge in [0.2, 0.25) is 5.82 Å². The molecule has 0 saturated carbocycles. The van der Waals surface area contributed by atoms with Crippen LogP contribution < -0.4 is 4.74 Å². The van der Waals surface area contributed by atoms with Crippen LogP contribution in [0.4, 0.5) is 4.39 Å². The molecule has 3 aromatic rings. The topological polar surface area (TPSA) is 95.7 Å². The van der Waals surface area contributed by atoms with Crippen LogP contribution in [0, 0.1) is 28.5 Å². The van der Waals surface area contributed by atoms with E-state index in [0.717, 1.165) is 11.1 Å². The first-order valence-electron chi connectivity index (χ1n) is 7.51. The number of allylic oxidation sites excluding steroid dienone is 1. The number of benzene rings is 2. The molecule has 6 nitrogen and oxygen atoms in total. The van der Waals surface area contributed by atoms with Crippen molar-refractivity contribution in [3.05, 3.63) is 71.4 Å². The third kappa shape index (κ3) is 4.11. The Morgan fingerprint density at radius 2 is 1.77 bits per heavy atom. The standard InChI is InChI=1S/C19H11FN4O2/c20-16-5-7-17(8-6-16)25-12-18-23-19(24-26-18)15-3-1-13(2-4-15)9-14(10-21)11-22/h1-9H,12H2. The van der Waals surface area contributed by atoms with E-state index in [0.29, 0.717) is 11.6 Å². The van der Waals surface area contributed by atoms with Crippen LogP contribution in [0.3, 0.4) is 0 Å². The Morgan fingerprint density at radius 1 is 1.08 bits per heavy atom. The Bertz CT molecular complexity index is 993. The van der Waals surface area contributed by atoms with Gasteiger partial charge in [0.05, 0.1) is 0 Å². The number of hydrogen-bond donors (Lipinski definition) is 0. The van der Waals surface area contributed by atoms with Crippen LogP contribution in [0.15, 0.2) is 58.6 Å². The minimum Gasteiger partial charge on any atom is -0.484 e. The van der Waals surface area contributed by atoms with Crippen LogP contribution in [-0.2, 0) is 6.61 Å². The van der Waals surface area contributed by atoms with Crippen LogP contribution in [0.5, 0.6) is 5.75 Å². The number of hydrogen-bond acceptors (Lipinski definition) is 6. The summed E-state index contributed by atoms with van der Waals surface area (Å²) < 4.78 is 23.4. The molecule has 0 aliphatic rings. The molecule has 1 aromatic heterocycles. The van der Waals surface area contributed by atoms with Gasteiger partial charge in [0.25, 0.3) is 5.89 Å². The first-order chi connectivity index (χ1) is 12.7. The highest BCUT2D eigenvalue weighted by Gasteiger charge is 2.09. The molecule has 0 N–H and O–H groups in total. The SMILES string of the molecule is N#CC(C#N)=Cc1ccc(-c2noc(COc3ccc(F)cc3)n2)cc1. The minimum atomic E-state index is -0.340. The number of nitrogens with zero attached hydrogens (tertiary/aromatic N) is 4. The second-order valence-corrected chi connectivity index (χ2v) is 5.16. The van der Waals surface area contributed by atoms with E-state index < -0.39 is 0 Å². The largest absolute Gasteiger partial charge is 0.484 e. The lowest BCUT2D eigenvalue weighted by atomic mass is 10.1. The zero-order chi connectivity index (χ0) is 18.4. The fourth-order valence-electron chi connectivity index (χ4n) is 2.09. The molecule has 0 spiro atoms. The Balaban J connectivity index is 1.68. The van der Waals surface area contributed by atoms with Gasteiger partial charge in [-0.3, -0.25) is 0 Å². The van der Waals surface area contributed by atoms with E-state index in [1.807, 2.05) is 0 Å². The molecule has 3 rings (SSSR count). The summed E-state index contributed by atoms with van der Waals surface area (Å²) in [5.74, 6) is 0.823. The van der Waals surface area contributed by atoms with Gasteiger partial charge >= 0.3 is 0 Å². The average molecular weight is 346 g/mol. The highest BCUT2D eigenvalue weighted by molar-refractivity contribution is 5.65. The Kier molecular flexibility index (Phi) is 5.02. The van der Waals surface area contributed by atoms with Crippen molar-refractivity contribution in [2.45, 2.75) is 6.61 Å². The van der Waals surface area contributed by atoms with Crippen molar-refractivity contribution in [1.82, 2.24) is 10.1 Å². The lowest BCUT2D eigenvalue weighted by molar-refractivity contribution is 0.242. The van der Waals surface area contributed by atoms with Gasteiger partial charge in [-0.05, 0) is 35.9 Å². The van der Waals surface area contributed by atoms with Crippen molar-refractivity contribution in [3.63, 3.8) is 0 Å². The van der Waals surface area contributed by atoms with Gasteiger partial charge in [0, 0.05) is 5.56 Å². The molecule has 0 saturated heterocycles. The minimum absolute atomic E-state index is 0.0255. The second-order valence-electron chi connectivity index (χ2n) is 5.16. The predicted molar refractivity (Wildman–Crippen MR) is 89.7 cm³/mol. The summed E-state index contributed by atoms with van der Waals surface area (Å²) >= 11 is 0. The summed E-state index contributed by atoms with van der Waals surface area (Å²) in [6.07, 6.45) is 1.49. The van der Waals surface area contributed by atoms with Crippen molar-refractivity contribution in [3.8, 4) is 29.3 Å². The first-order valence-corrected chi connectivity index (χ1v) is 7.51. The number of ether oxygens (including phenoxy) is 1. The zero-order valence-corrected chi connectivity index (χ0v) is 13.4. The van der Waals surface area contributed by atoms with E-state index in [9.17, 15) is 4.39 Å². The van der Waals surface area contributed by atoms with Gasteiger partial charge in [-0.25, -0.2) is 4.39 Å². The molecule has 0 unspecified atom stereocenters. The van der Waals surface area contributed by atoms with Crippen molar-refractivity contribution in [1.29, 1.82) is 10.5 Å². The Labute approximate surface area is 148 Å². The summed E-state index contributed by atoms with van der Waals surface area (Å²) in [5.41, 5.74) is 1.46. The van der Waals surface area contributed by atoms with Gasteiger partial charge in [-0.15, -0.1) is 0 Å². The molecule has 26 heavy (non-hydrogen) atoms. The Morgan fingerprint density at radius 3 is 2.42 bits per heavy atom. The summed E-state index contributed by atoms with van der Waals surface area (Å²) in [7, 11) is 0. The predicted octanol–water partition coefficient (Wildman–Crippen LogP) is 3.89. The van der Waals surface area contributed by atoms with E-state index >= 15 is 0 Å².